The van der Waals surface area contributed by atoms with Gasteiger partial charge < -0.3 is 4.89 Å². The first-order chi connectivity index (χ1) is 5.94. The Morgan fingerprint density at radius 2 is 2.15 bits per heavy atom. The molecule has 78 valence electrons. The lowest BCUT2D eigenvalue weighted by molar-refractivity contribution is -0.244. The Labute approximate surface area is 77.8 Å². The van der Waals surface area contributed by atoms with Crippen LogP contribution < -0.4 is 0 Å². The van der Waals surface area contributed by atoms with Crippen LogP contribution in [-0.4, -0.2) is 17.4 Å². The summed E-state index contributed by atoms with van der Waals surface area (Å²) in [5.74, 6) is -0.786. The van der Waals surface area contributed by atoms with Crippen LogP contribution in [-0.2, 0) is 9.68 Å². The van der Waals surface area contributed by atoms with Crippen LogP contribution >= 0.6 is 0 Å². The van der Waals surface area contributed by atoms with Gasteiger partial charge in [0, 0.05) is 0 Å². The molecule has 0 spiro atoms. The van der Waals surface area contributed by atoms with E-state index in [4.69, 9.17) is 5.26 Å². The summed E-state index contributed by atoms with van der Waals surface area (Å²) in [5.41, 5.74) is -0.955. The zero-order valence-electron chi connectivity index (χ0n) is 8.34. The van der Waals surface area contributed by atoms with E-state index in [0.29, 0.717) is 6.42 Å². The second-order valence-electron chi connectivity index (χ2n) is 3.85. The van der Waals surface area contributed by atoms with Crippen molar-refractivity contribution in [1.29, 1.82) is 0 Å². The largest absolute Gasteiger partial charge is 0.347 e. The summed E-state index contributed by atoms with van der Waals surface area (Å²) in [6.07, 6.45) is 0.243. The van der Waals surface area contributed by atoms with Crippen molar-refractivity contribution in [2.75, 3.05) is 0 Å². The van der Waals surface area contributed by atoms with Gasteiger partial charge in [0.15, 0.2) is 0 Å². The predicted molar refractivity (Wildman–Crippen MR) is 46.9 cm³/mol. The van der Waals surface area contributed by atoms with E-state index in [1.165, 1.54) is 0 Å². The van der Waals surface area contributed by atoms with Gasteiger partial charge in [0.05, 0.1) is 5.41 Å². The number of rotatable bonds is 5. The highest BCUT2D eigenvalue weighted by Gasteiger charge is 2.32. The maximum absolute atomic E-state index is 13.1. The van der Waals surface area contributed by atoms with Gasteiger partial charge in [-0.2, -0.15) is 5.26 Å². The highest BCUT2D eigenvalue weighted by molar-refractivity contribution is 5.75. The van der Waals surface area contributed by atoms with Gasteiger partial charge in [0.25, 0.3) is 0 Å². The number of carbonyl (C=O) groups excluding carboxylic acids is 1. The maximum atomic E-state index is 13.1. The van der Waals surface area contributed by atoms with Crippen LogP contribution in [0.2, 0.25) is 0 Å². The molecule has 0 aromatic rings. The maximum Gasteiger partial charge on any atom is 0.347 e. The lowest BCUT2D eigenvalue weighted by atomic mass is 9.86. The highest BCUT2D eigenvalue weighted by Crippen LogP contribution is 2.26. The molecular formula is C9H17FO3. The molecule has 0 fully saturated rings. The van der Waals surface area contributed by atoms with E-state index < -0.39 is 17.6 Å². The molecule has 0 aliphatic carbocycles. The first-order valence-corrected chi connectivity index (χ1v) is 4.44. The lowest BCUT2D eigenvalue weighted by Gasteiger charge is -2.21. The number of hydrogen-bond donors (Lipinski definition) is 1. The van der Waals surface area contributed by atoms with Gasteiger partial charge in [0.1, 0.15) is 6.17 Å². The van der Waals surface area contributed by atoms with Crippen LogP contribution in [0.25, 0.3) is 0 Å². The van der Waals surface area contributed by atoms with Crippen LogP contribution in [0.1, 0.15) is 40.0 Å². The van der Waals surface area contributed by atoms with Crippen LogP contribution in [0.5, 0.6) is 0 Å². The van der Waals surface area contributed by atoms with E-state index in [2.05, 4.69) is 4.89 Å². The molecule has 0 aromatic carbocycles. The van der Waals surface area contributed by atoms with E-state index in [1.54, 1.807) is 13.8 Å². The SMILES string of the molecule is CCCC(F)CC(C)(C)C(=O)OO. The molecule has 0 aromatic heterocycles. The molecule has 0 aliphatic heterocycles. The van der Waals surface area contributed by atoms with E-state index in [0.717, 1.165) is 6.42 Å². The summed E-state index contributed by atoms with van der Waals surface area (Å²) in [7, 11) is 0. The Kier molecular flexibility index (Phi) is 4.91. The van der Waals surface area contributed by atoms with Gasteiger partial charge in [0.2, 0.25) is 0 Å². The number of halogens is 1. The van der Waals surface area contributed by atoms with Gasteiger partial charge in [-0.25, -0.2) is 9.18 Å². The second kappa shape index (κ2) is 5.17. The Morgan fingerprint density at radius 3 is 2.54 bits per heavy atom. The summed E-state index contributed by atoms with van der Waals surface area (Å²) >= 11 is 0. The smallest absolute Gasteiger partial charge is 0.300 e. The normalized spacial score (nSPS) is 13.9. The zero-order valence-corrected chi connectivity index (χ0v) is 8.34. The molecule has 0 bridgehead atoms. The molecule has 0 amide bonds. The molecule has 0 aliphatic rings. The van der Waals surface area contributed by atoms with Crippen LogP contribution in [0.15, 0.2) is 0 Å². The fraction of sp³-hybridized carbons (Fsp3) is 0.889. The standard InChI is InChI=1S/C9H17FO3/c1-4-5-7(10)6-9(2,3)8(11)13-12/h7,12H,4-6H2,1-3H3. The van der Waals surface area contributed by atoms with Crippen molar-refractivity contribution in [1.82, 2.24) is 0 Å². The monoisotopic (exact) mass is 192 g/mol. The van der Waals surface area contributed by atoms with Gasteiger partial charge in [-0.05, 0) is 26.7 Å². The van der Waals surface area contributed by atoms with Crippen molar-refractivity contribution < 1.29 is 19.3 Å². The van der Waals surface area contributed by atoms with Crippen molar-refractivity contribution in [3.63, 3.8) is 0 Å². The summed E-state index contributed by atoms with van der Waals surface area (Å²) in [4.78, 5) is 14.5. The van der Waals surface area contributed by atoms with E-state index in [-0.39, 0.29) is 6.42 Å². The van der Waals surface area contributed by atoms with Crippen molar-refractivity contribution in [3.8, 4) is 0 Å². The van der Waals surface area contributed by atoms with E-state index in [1.807, 2.05) is 6.92 Å². The molecule has 0 heterocycles. The zero-order chi connectivity index (χ0) is 10.5. The summed E-state index contributed by atoms with van der Waals surface area (Å²) in [6, 6.07) is 0. The Morgan fingerprint density at radius 1 is 1.62 bits per heavy atom. The molecule has 1 atom stereocenters. The van der Waals surface area contributed by atoms with Crippen molar-refractivity contribution in [3.05, 3.63) is 0 Å². The minimum absolute atomic E-state index is 0.0836. The molecule has 4 heteroatoms. The summed E-state index contributed by atoms with van der Waals surface area (Å²) in [5, 5.41) is 8.14. The van der Waals surface area contributed by atoms with Crippen molar-refractivity contribution >= 4 is 5.97 Å². The van der Waals surface area contributed by atoms with E-state index in [9.17, 15) is 9.18 Å². The lowest BCUT2D eigenvalue weighted by Crippen LogP contribution is -2.29. The Bertz CT molecular complexity index is 168. The van der Waals surface area contributed by atoms with Crippen LogP contribution in [0.3, 0.4) is 0 Å². The van der Waals surface area contributed by atoms with Gasteiger partial charge in [-0.1, -0.05) is 13.3 Å². The first kappa shape index (κ1) is 12.4. The third-order valence-corrected chi connectivity index (χ3v) is 1.97. The Balaban J connectivity index is 4.07. The molecule has 0 saturated carbocycles. The third-order valence-electron chi connectivity index (χ3n) is 1.97. The quantitative estimate of drug-likeness (QED) is 0.538. The van der Waals surface area contributed by atoms with E-state index >= 15 is 0 Å². The van der Waals surface area contributed by atoms with Crippen LogP contribution in [0.4, 0.5) is 4.39 Å². The van der Waals surface area contributed by atoms with Crippen LogP contribution in [0, 0.1) is 5.41 Å². The number of alkyl halides is 1. The highest BCUT2D eigenvalue weighted by atomic mass is 19.1. The molecule has 0 saturated heterocycles. The number of carbonyl (C=O) groups is 1. The molecule has 13 heavy (non-hydrogen) atoms. The molecule has 0 rings (SSSR count). The third kappa shape index (κ3) is 4.22. The van der Waals surface area contributed by atoms with Crippen molar-refractivity contribution in [2.24, 2.45) is 5.41 Å². The van der Waals surface area contributed by atoms with Gasteiger partial charge >= 0.3 is 5.97 Å². The summed E-state index contributed by atoms with van der Waals surface area (Å²) < 4.78 is 13.1. The summed E-state index contributed by atoms with van der Waals surface area (Å²) in [6.45, 7) is 4.98. The number of hydrogen-bond acceptors (Lipinski definition) is 3. The second-order valence-corrected chi connectivity index (χ2v) is 3.85. The molecule has 0 radical (unpaired) electrons. The fourth-order valence-electron chi connectivity index (χ4n) is 1.18. The minimum atomic E-state index is -1.01. The minimum Gasteiger partial charge on any atom is -0.300 e. The van der Waals surface area contributed by atoms with Crippen molar-refractivity contribution in [2.45, 2.75) is 46.2 Å². The topological polar surface area (TPSA) is 46.5 Å². The molecule has 1 unspecified atom stereocenters. The first-order valence-electron chi connectivity index (χ1n) is 4.44. The molecule has 1 N–H and O–H groups in total. The van der Waals surface area contributed by atoms with Gasteiger partial charge in [-0.15, -0.1) is 0 Å². The average Bonchev–Trinajstić information content (AvgIpc) is 2.02. The Hall–Kier alpha value is -0.640. The molecular weight excluding hydrogens is 175 g/mol. The molecule has 3 nitrogen and oxygen atoms in total. The predicted octanol–water partition coefficient (Wildman–Crippen LogP) is 2.56. The fourth-order valence-corrected chi connectivity index (χ4v) is 1.18. The average molecular weight is 192 g/mol. The van der Waals surface area contributed by atoms with Gasteiger partial charge in [-0.3, -0.25) is 0 Å².